The van der Waals surface area contributed by atoms with Crippen LogP contribution in [0.3, 0.4) is 0 Å². The molecule has 1 aliphatic rings. The number of pyridine rings is 1. The van der Waals surface area contributed by atoms with Crippen molar-refractivity contribution in [1.82, 2.24) is 4.98 Å². The molecule has 0 saturated heterocycles. The van der Waals surface area contributed by atoms with Crippen LogP contribution in [0.25, 0.3) is 10.8 Å². The van der Waals surface area contributed by atoms with Crippen molar-refractivity contribution in [3.05, 3.63) is 64.4 Å². The number of methoxy groups -OCH3 is 1. The van der Waals surface area contributed by atoms with Crippen molar-refractivity contribution < 1.29 is 9.53 Å². The van der Waals surface area contributed by atoms with E-state index >= 15 is 0 Å². The van der Waals surface area contributed by atoms with Crippen LogP contribution in [-0.4, -0.2) is 18.0 Å². The predicted octanol–water partition coefficient (Wildman–Crippen LogP) is 2.83. The average Bonchev–Trinajstić information content (AvgIpc) is 2.83. The van der Waals surface area contributed by atoms with Gasteiger partial charge in [-0.25, -0.2) is 0 Å². The Labute approximate surface area is 125 Å². The monoisotopic (exact) mass is 292 g/mol. The van der Waals surface area contributed by atoms with Crippen molar-refractivity contribution in [2.24, 2.45) is 0 Å². The zero-order valence-corrected chi connectivity index (χ0v) is 11.8. The highest BCUT2D eigenvalue weighted by atomic mass is 16.5. The highest BCUT2D eigenvalue weighted by Crippen LogP contribution is 2.40. The van der Waals surface area contributed by atoms with Gasteiger partial charge in [-0.3, -0.25) is 19.5 Å². The number of benzene rings is 2. The van der Waals surface area contributed by atoms with E-state index in [0.717, 1.165) is 16.5 Å². The first-order chi connectivity index (χ1) is 10.7. The summed E-state index contributed by atoms with van der Waals surface area (Å²) in [7, 11) is 1.47. The van der Waals surface area contributed by atoms with Gasteiger partial charge in [-0.05, 0) is 23.6 Å². The van der Waals surface area contributed by atoms with Crippen molar-refractivity contribution in [3.63, 3.8) is 0 Å². The van der Waals surface area contributed by atoms with Crippen LogP contribution in [-0.2, 0) is 0 Å². The molecule has 2 heterocycles. The van der Waals surface area contributed by atoms with Crippen molar-refractivity contribution >= 4 is 28.1 Å². The van der Waals surface area contributed by atoms with E-state index in [1.807, 2.05) is 30.3 Å². The quantitative estimate of drug-likeness (QED) is 0.790. The molecule has 0 bridgehead atoms. The summed E-state index contributed by atoms with van der Waals surface area (Å²) in [6.07, 6.45) is 0. The van der Waals surface area contributed by atoms with Gasteiger partial charge in [0.15, 0.2) is 5.88 Å². The summed E-state index contributed by atoms with van der Waals surface area (Å²) in [4.78, 5) is 29.1. The number of amides is 1. The van der Waals surface area contributed by atoms with Gasteiger partial charge in [-0.2, -0.15) is 0 Å². The minimum atomic E-state index is -0.363. The molecule has 2 aromatic carbocycles. The van der Waals surface area contributed by atoms with E-state index in [4.69, 9.17) is 4.74 Å². The van der Waals surface area contributed by atoms with Gasteiger partial charge in [0.1, 0.15) is 5.69 Å². The third-order valence-electron chi connectivity index (χ3n) is 3.88. The normalized spacial score (nSPS) is 13.0. The van der Waals surface area contributed by atoms with Gasteiger partial charge in [0.25, 0.3) is 11.5 Å². The summed E-state index contributed by atoms with van der Waals surface area (Å²) in [6, 6.07) is 14.5. The second-order valence-corrected chi connectivity index (χ2v) is 5.06. The summed E-state index contributed by atoms with van der Waals surface area (Å²) in [5.74, 6) is 0.165. The number of carbonyl (C=O) groups excluding carboxylic acids is 1. The van der Waals surface area contributed by atoms with Gasteiger partial charge in [0, 0.05) is 11.5 Å². The molecular formula is C17H12N2O3. The van der Waals surface area contributed by atoms with Gasteiger partial charge < -0.3 is 4.74 Å². The van der Waals surface area contributed by atoms with E-state index in [1.165, 1.54) is 12.0 Å². The Morgan fingerprint density at radius 2 is 1.73 bits per heavy atom. The first-order valence-electron chi connectivity index (χ1n) is 6.84. The molecule has 5 nitrogen and oxygen atoms in total. The topological polar surface area (TPSA) is 62.4 Å². The minimum absolute atomic E-state index is 0.192. The molecule has 1 aliphatic heterocycles. The second kappa shape index (κ2) is 4.46. The molecule has 5 heteroatoms. The molecule has 0 unspecified atom stereocenters. The Hall–Kier alpha value is -3.08. The number of rotatable bonds is 2. The van der Waals surface area contributed by atoms with Crippen molar-refractivity contribution in [3.8, 4) is 5.88 Å². The predicted molar refractivity (Wildman–Crippen MR) is 84.0 cm³/mol. The van der Waals surface area contributed by atoms with E-state index < -0.39 is 0 Å². The molecule has 0 atom stereocenters. The van der Waals surface area contributed by atoms with Crippen molar-refractivity contribution in [1.29, 1.82) is 0 Å². The number of anilines is 2. The number of hydrogen-bond donors (Lipinski definition) is 1. The van der Waals surface area contributed by atoms with Crippen LogP contribution in [0.15, 0.2) is 53.3 Å². The van der Waals surface area contributed by atoms with Crippen LogP contribution in [0.2, 0.25) is 0 Å². The van der Waals surface area contributed by atoms with Gasteiger partial charge in [-0.1, -0.05) is 24.3 Å². The summed E-state index contributed by atoms with van der Waals surface area (Å²) >= 11 is 0. The van der Waals surface area contributed by atoms with E-state index in [0.29, 0.717) is 11.4 Å². The first kappa shape index (κ1) is 12.6. The lowest BCUT2D eigenvalue weighted by Gasteiger charge is -2.17. The maximum absolute atomic E-state index is 12.7. The smallest absolute Gasteiger partial charge is 0.275 e. The van der Waals surface area contributed by atoms with Gasteiger partial charge in [0.2, 0.25) is 0 Å². The number of aromatic amines is 1. The van der Waals surface area contributed by atoms with E-state index in [-0.39, 0.29) is 17.2 Å². The van der Waals surface area contributed by atoms with E-state index in [2.05, 4.69) is 4.98 Å². The number of nitrogens with zero attached hydrogens (tertiary/aromatic N) is 1. The van der Waals surface area contributed by atoms with Crippen molar-refractivity contribution in [2.45, 2.75) is 0 Å². The average molecular weight is 292 g/mol. The maximum Gasteiger partial charge on any atom is 0.275 e. The molecule has 108 valence electrons. The Morgan fingerprint density at radius 3 is 2.45 bits per heavy atom. The van der Waals surface area contributed by atoms with Crippen LogP contribution >= 0.6 is 0 Å². The van der Waals surface area contributed by atoms with Gasteiger partial charge in [0.05, 0.1) is 18.4 Å². The summed E-state index contributed by atoms with van der Waals surface area (Å²) < 4.78 is 5.00. The number of hydrogen-bond acceptors (Lipinski definition) is 3. The summed E-state index contributed by atoms with van der Waals surface area (Å²) in [5.41, 5.74) is 1.27. The van der Waals surface area contributed by atoms with Crippen LogP contribution in [0.1, 0.15) is 10.4 Å². The third kappa shape index (κ3) is 1.59. The lowest BCUT2D eigenvalue weighted by Crippen LogP contribution is -2.27. The molecule has 4 rings (SSSR count). The van der Waals surface area contributed by atoms with Gasteiger partial charge >= 0.3 is 0 Å². The molecule has 1 N–H and O–H groups in total. The third-order valence-corrected chi connectivity index (χ3v) is 3.88. The summed E-state index contributed by atoms with van der Waals surface area (Å²) in [5, 5.41) is 1.86. The molecule has 22 heavy (non-hydrogen) atoms. The molecule has 3 aromatic rings. The first-order valence-corrected chi connectivity index (χ1v) is 6.84. The van der Waals surface area contributed by atoms with Crippen LogP contribution < -0.4 is 15.2 Å². The molecular weight excluding hydrogens is 280 g/mol. The molecule has 0 saturated carbocycles. The fourth-order valence-corrected chi connectivity index (χ4v) is 2.90. The molecule has 1 amide bonds. The van der Waals surface area contributed by atoms with E-state index in [9.17, 15) is 9.59 Å². The molecule has 0 spiro atoms. The lowest BCUT2D eigenvalue weighted by atomic mass is 10.1. The Bertz CT molecular complexity index is 970. The van der Waals surface area contributed by atoms with Crippen LogP contribution in [0.5, 0.6) is 5.88 Å². The highest BCUT2D eigenvalue weighted by Gasteiger charge is 2.32. The molecule has 0 aliphatic carbocycles. The molecule has 0 fully saturated rings. The number of ether oxygens (including phenoxy) is 1. The Kier molecular flexibility index (Phi) is 2.56. The van der Waals surface area contributed by atoms with E-state index in [1.54, 1.807) is 18.2 Å². The highest BCUT2D eigenvalue weighted by molar-refractivity contribution is 6.27. The number of nitrogens with one attached hydrogen (secondary N) is 1. The molecule has 0 radical (unpaired) electrons. The Morgan fingerprint density at radius 1 is 0.955 bits per heavy atom. The zero-order chi connectivity index (χ0) is 15.3. The maximum atomic E-state index is 12.7. The number of aromatic nitrogens is 1. The fourth-order valence-electron chi connectivity index (χ4n) is 2.90. The van der Waals surface area contributed by atoms with Crippen LogP contribution in [0, 0.1) is 0 Å². The Balaban J connectivity index is 1.98. The van der Waals surface area contributed by atoms with Crippen LogP contribution in [0.4, 0.5) is 11.4 Å². The standard InChI is InChI=1S/C17H12N2O3/c1-22-14-9-8-13(16(20)18-14)19-12-7-3-5-10-4-2-6-11(15(10)12)17(19)21/h2-9H,1H3,(H,18,20). The lowest BCUT2D eigenvalue weighted by molar-refractivity contribution is 0.100. The zero-order valence-electron chi connectivity index (χ0n) is 11.8. The largest absolute Gasteiger partial charge is 0.482 e. The van der Waals surface area contributed by atoms with Crippen molar-refractivity contribution in [2.75, 3.05) is 12.0 Å². The summed E-state index contributed by atoms with van der Waals surface area (Å²) in [6.45, 7) is 0. The second-order valence-electron chi connectivity index (χ2n) is 5.06. The molecule has 1 aromatic heterocycles. The SMILES string of the molecule is COc1ccc(N2C(=O)c3cccc4cccc2c34)c(=O)[nH]1. The fraction of sp³-hybridized carbons (Fsp3) is 0.0588. The minimum Gasteiger partial charge on any atom is -0.482 e. The number of carbonyl (C=O) groups is 1. The number of H-pyrrole nitrogens is 1. The van der Waals surface area contributed by atoms with Gasteiger partial charge in [-0.15, -0.1) is 0 Å².